The highest BCUT2D eigenvalue weighted by atomic mass is 32.2. The first-order chi connectivity index (χ1) is 13.6. The first kappa shape index (κ1) is 20.3. The third-order valence-corrected chi connectivity index (χ3v) is 5.66. The van der Waals surface area contributed by atoms with Crippen molar-refractivity contribution in [2.24, 2.45) is 7.05 Å². The Bertz CT molecular complexity index is 970. The summed E-state index contributed by atoms with van der Waals surface area (Å²) < 4.78 is 5.86. The van der Waals surface area contributed by atoms with Gasteiger partial charge in [0.2, 0.25) is 5.69 Å². The Morgan fingerprint density at radius 1 is 1.48 bits per heavy atom. The summed E-state index contributed by atoms with van der Waals surface area (Å²) in [5.41, 5.74) is -0.877. The van der Waals surface area contributed by atoms with E-state index in [0.29, 0.717) is 0 Å². The predicted octanol–water partition coefficient (Wildman–Crippen LogP) is -0.756. The fourth-order valence-corrected chi connectivity index (χ4v) is 4.34. The number of carbonyl (C=O) groups is 4. The summed E-state index contributed by atoms with van der Waals surface area (Å²) in [5.74, 6) is -3.34. The van der Waals surface area contributed by atoms with E-state index < -0.39 is 45.8 Å². The number of ether oxygens (including phenoxy) is 1. The number of fused-ring (bicyclic) bond motifs is 1. The number of hydrogen-bond acceptors (Lipinski definition) is 9. The third-order valence-electron chi connectivity index (χ3n) is 4.32. The first-order valence-electron chi connectivity index (χ1n) is 8.14. The largest absolute Gasteiger partial charge is 0.477 e. The van der Waals surface area contributed by atoms with E-state index in [9.17, 15) is 34.4 Å². The maximum absolute atomic E-state index is 12.5. The van der Waals surface area contributed by atoms with Gasteiger partial charge in [-0.25, -0.2) is 4.79 Å². The smallest absolute Gasteiger partial charge is 0.352 e. The van der Waals surface area contributed by atoms with E-state index in [4.69, 9.17) is 4.74 Å². The van der Waals surface area contributed by atoms with E-state index in [-0.39, 0.29) is 29.3 Å². The summed E-state index contributed by atoms with van der Waals surface area (Å²) in [7, 11) is 1.35. The van der Waals surface area contributed by atoms with Crippen LogP contribution in [0.25, 0.3) is 0 Å². The Balaban J connectivity index is 1.80. The Kier molecular flexibility index (Phi) is 5.28. The number of hydrogen-bond donors (Lipinski definition) is 2. The summed E-state index contributed by atoms with van der Waals surface area (Å²) >= 11 is 1.18. The van der Waals surface area contributed by atoms with Gasteiger partial charge in [0, 0.05) is 25.3 Å². The van der Waals surface area contributed by atoms with Gasteiger partial charge in [-0.2, -0.15) is 5.10 Å². The van der Waals surface area contributed by atoms with Gasteiger partial charge in [0.25, 0.3) is 11.8 Å². The maximum atomic E-state index is 12.5. The van der Waals surface area contributed by atoms with Gasteiger partial charge >= 0.3 is 17.6 Å². The van der Waals surface area contributed by atoms with Crippen molar-refractivity contribution in [3.8, 4) is 0 Å². The molecule has 154 valence electrons. The summed E-state index contributed by atoms with van der Waals surface area (Å²) in [6.45, 7) is 0.913. The Labute approximate surface area is 166 Å². The average molecular weight is 425 g/mol. The number of esters is 1. The summed E-state index contributed by atoms with van der Waals surface area (Å²) in [5, 5.41) is 25.9. The minimum Gasteiger partial charge on any atom is -0.477 e. The molecule has 2 amide bonds. The number of nitrogens with one attached hydrogen (secondary N) is 1. The molecule has 1 aromatic heterocycles. The number of carbonyl (C=O) groups excluding carboxylic acids is 3. The van der Waals surface area contributed by atoms with E-state index in [2.05, 4.69) is 10.4 Å². The van der Waals surface area contributed by atoms with E-state index in [1.54, 1.807) is 0 Å². The van der Waals surface area contributed by atoms with Crippen LogP contribution >= 0.6 is 11.8 Å². The number of rotatable bonds is 6. The van der Waals surface area contributed by atoms with Crippen LogP contribution in [0.5, 0.6) is 0 Å². The molecule has 2 aliphatic rings. The molecule has 0 unspecified atom stereocenters. The van der Waals surface area contributed by atoms with Crippen LogP contribution in [0.3, 0.4) is 0 Å². The van der Waals surface area contributed by atoms with Crippen molar-refractivity contribution in [1.82, 2.24) is 20.0 Å². The molecule has 3 rings (SSSR count). The molecule has 29 heavy (non-hydrogen) atoms. The summed E-state index contributed by atoms with van der Waals surface area (Å²) in [6.07, 6.45) is 0.922. The number of thioether (sulfide) groups is 1. The van der Waals surface area contributed by atoms with Gasteiger partial charge in [-0.15, -0.1) is 11.8 Å². The summed E-state index contributed by atoms with van der Waals surface area (Å²) in [6, 6.07) is -1.06. The molecular formula is C15H15N5O8S. The average Bonchev–Trinajstić information content (AvgIpc) is 3.04. The molecule has 0 aliphatic carbocycles. The van der Waals surface area contributed by atoms with Gasteiger partial charge in [-0.1, -0.05) is 0 Å². The number of aromatic nitrogens is 2. The predicted molar refractivity (Wildman–Crippen MR) is 95.5 cm³/mol. The number of carboxylic acids is 1. The molecule has 0 saturated carbocycles. The van der Waals surface area contributed by atoms with Crippen molar-refractivity contribution in [1.29, 1.82) is 0 Å². The molecule has 0 bridgehead atoms. The van der Waals surface area contributed by atoms with Gasteiger partial charge < -0.3 is 15.2 Å². The van der Waals surface area contributed by atoms with E-state index in [1.165, 1.54) is 25.7 Å². The zero-order valence-electron chi connectivity index (χ0n) is 15.1. The van der Waals surface area contributed by atoms with E-state index >= 15 is 0 Å². The molecule has 2 N–H and O–H groups in total. The highest BCUT2D eigenvalue weighted by Crippen LogP contribution is 2.40. The number of carboxylic acid groups (broad SMARTS) is 1. The number of nitro groups is 1. The second-order valence-electron chi connectivity index (χ2n) is 6.16. The quantitative estimate of drug-likeness (QED) is 0.255. The van der Waals surface area contributed by atoms with E-state index in [0.717, 1.165) is 15.8 Å². The SMILES string of the molecule is CC(=O)OCC1=C(C(=O)O)N2C(=O)[C@@H](NC(=O)c3c([N+](=O)[O-])cnn3C)[C@H]2SC1. The number of β-lactam (4-membered cyclic amide) rings is 1. The lowest BCUT2D eigenvalue weighted by Crippen LogP contribution is -2.70. The topological polar surface area (TPSA) is 174 Å². The fraction of sp³-hybridized carbons (Fsp3) is 0.400. The van der Waals surface area contributed by atoms with Crippen molar-refractivity contribution in [2.45, 2.75) is 18.3 Å². The van der Waals surface area contributed by atoms with Crippen LogP contribution in [-0.2, 0) is 26.2 Å². The first-order valence-corrected chi connectivity index (χ1v) is 9.19. The number of amides is 2. The molecule has 2 atom stereocenters. The molecule has 0 aromatic carbocycles. The molecule has 1 aromatic rings. The zero-order valence-corrected chi connectivity index (χ0v) is 16.0. The van der Waals surface area contributed by atoms with Crippen molar-refractivity contribution in [3.63, 3.8) is 0 Å². The number of aryl methyl sites for hydroxylation is 1. The Hall–Kier alpha value is -3.42. The third kappa shape index (κ3) is 3.53. The summed E-state index contributed by atoms with van der Waals surface area (Å²) in [4.78, 5) is 59.0. The lowest BCUT2D eigenvalue weighted by atomic mass is 10.0. The molecule has 3 heterocycles. The minimum atomic E-state index is -1.36. The van der Waals surface area contributed by atoms with Crippen molar-refractivity contribution in [3.05, 3.63) is 33.3 Å². The fourth-order valence-electron chi connectivity index (χ4n) is 3.02. The lowest BCUT2D eigenvalue weighted by Gasteiger charge is -2.49. The second-order valence-corrected chi connectivity index (χ2v) is 7.26. The van der Waals surface area contributed by atoms with Crippen LogP contribution in [0.4, 0.5) is 5.69 Å². The molecule has 13 nitrogen and oxygen atoms in total. The Morgan fingerprint density at radius 2 is 2.17 bits per heavy atom. The standard InChI is InChI=1S/C15H15N5O8S/c1-6(21)28-4-7-5-29-14-9(13(23)19(14)10(7)15(24)25)17-12(22)11-8(20(26)27)3-16-18(11)2/h3,9,14H,4-5H2,1-2H3,(H,17,22)(H,24,25)/t9-,14-/m1/s1. The van der Waals surface area contributed by atoms with E-state index in [1.807, 2.05) is 0 Å². The van der Waals surface area contributed by atoms with Crippen molar-refractivity contribution in [2.75, 3.05) is 12.4 Å². The monoisotopic (exact) mass is 425 g/mol. The molecule has 1 fully saturated rings. The normalized spacial score (nSPS) is 20.6. The molecule has 0 radical (unpaired) electrons. The number of nitrogens with zero attached hydrogens (tertiary/aromatic N) is 4. The molecule has 14 heteroatoms. The molecular weight excluding hydrogens is 410 g/mol. The molecule has 1 saturated heterocycles. The van der Waals surface area contributed by atoms with Gasteiger partial charge in [0.15, 0.2) is 0 Å². The number of aliphatic carboxylic acids is 1. The van der Waals surface area contributed by atoms with Crippen LogP contribution in [0, 0.1) is 10.1 Å². The zero-order chi connectivity index (χ0) is 21.5. The van der Waals surface area contributed by atoms with Crippen LogP contribution in [-0.4, -0.2) is 72.2 Å². The molecule has 2 aliphatic heterocycles. The van der Waals surface area contributed by atoms with Crippen LogP contribution < -0.4 is 5.32 Å². The van der Waals surface area contributed by atoms with Gasteiger partial charge in [0.1, 0.15) is 29.9 Å². The highest BCUT2D eigenvalue weighted by Gasteiger charge is 2.54. The van der Waals surface area contributed by atoms with Gasteiger partial charge in [-0.3, -0.25) is 34.1 Å². The maximum Gasteiger partial charge on any atom is 0.352 e. The van der Waals surface area contributed by atoms with Crippen molar-refractivity contribution < 1.29 is 33.9 Å². The minimum absolute atomic E-state index is 0.168. The van der Waals surface area contributed by atoms with Gasteiger partial charge in [-0.05, 0) is 0 Å². The Morgan fingerprint density at radius 3 is 2.76 bits per heavy atom. The van der Waals surface area contributed by atoms with Crippen LogP contribution in [0.15, 0.2) is 17.5 Å². The lowest BCUT2D eigenvalue weighted by molar-refractivity contribution is -0.385. The molecule has 0 spiro atoms. The van der Waals surface area contributed by atoms with Gasteiger partial charge in [0.05, 0.1) is 4.92 Å². The second kappa shape index (κ2) is 7.54. The van der Waals surface area contributed by atoms with Crippen LogP contribution in [0.1, 0.15) is 17.4 Å². The van der Waals surface area contributed by atoms with Crippen LogP contribution in [0.2, 0.25) is 0 Å². The highest BCUT2D eigenvalue weighted by molar-refractivity contribution is 8.00. The van der Waals surface area contributed by atoms with Crippen molar-refractivity contribution >= 4 is 41.2 Å².